The Balaban J connectivity index is 1.33. The summed E-state index contributed by atoms with van der Waals surface area (Å²) in [6, 6.07) is 50.0. The minimum absolute atomic E-state index is 0.767. The Labute approximate surface area is 259 Å². The van der Waals surface area contributed by atoms with Gasteiger partial charge in [0, 0.05) is 44.1 Å². The standard InChI is InChI=1S/C41H27NOS/c1-2-14-29(15-3-1)42(36-21-10-19-33-31-17-7-9-23-39(31)44-41(33)36)35-20-8-6-16-30(35)32-18-11-22-38-40(32)34-26-28-13-5-4-12-27(28)24-25-37(34)43-38/h1-24,26H,25H2. The minimum atomic E-state index is 0.767. The van der Waals surface area contributed by atoms with Crippen LogP contribution in [-0.4, -0.2) is 0 Å². The molecule has 1 aliphatic rings. The summed E-state index contributed by atoms with van der Waals surface area (Å²) in [4.78, 5) is 2.43. The third-order valence-corrected chi connectivity index (χ3v) is 9.92. The van der Waals surface area contributed by atoms with Crippen LogP contribution in [0.15, 0.2) is 144 Å². The van der Waals surface area contributed by atoms with Crippen molar-refractivity contribution >= 4 is 71.7 Å². The van der Waals surface area contributed by atoms with Crippen molar-refractivity contribution in [2.45, 2.75) is 6.42 Å². The van der Waals surface area contributed by atoms with Crippen LogP contribution in [0.4, 0.5) is 17.1 Å². The fourth-order valence-electron chi connectivity index (χ4n) is 6.73. The Kier molecular flexibility index (Phi) is 5.78. The lowest BCUT2D eigenvalue weighted by molar-refractivity contribution is 0.568. The van der Waals surface area contributed by atoms with Gasteiger partial charge in [-0.3, -0.25) is 0 Å². The Bertz CT molecular complexity index is 2480. The van der Waals surface area contributed by atoms with Crippen molar-refractivity contribution in [1.82, 2.24) is 0 Å². The van der Waals surface area contributed by atoms with E-state index in [0.29, 0.717) is 0 Å². The fraction of sp³-hybridized carbons (Fsp3) is 0.0244. The molecule has 0 radical (unpaired) electrons. The topological polar surface area (TPSA) is 16.4 Å². The Morgan fingerprint density at radius 1 is 0.568 bits per heavy atom. The number of para-hydroxylation sites is 2. The average molecular weight is 582 g/mol. The van der Waals surface area contributed by atoms with Crippen molar-refractivity contribution in [2.75, 3.05) is 4.90 Å². The number of fused-ring (bicyclic) bond motifs is 7. The van der Waals surface area contributed by atoms with Crippen molar-refractivity contribution in [1.29, 1.82) is 0 Å². The van der Waals surface area contributed by atoms with Crippen LogP contribution in [0.25, 0.3) is 54.4 Å². The smallest absolute Gasteiger partial charge is 0.135 e. The molecule has 6 aromatic carbocycles. The molecule has 2 aromatic heterocycles. The van der Waals surface area contributed by atoms with Gasteiger partial charge in [-0.05, 0) is 58.5 Å². The molecule has 0 saturated heterocycles. The van der Waals surface area contributed by atoms with Gasteiger partial charge >= 0.3 is 0 Å². The molecule has 208 valence electrons. The normalized spacial score (nSPS) is 12.4. The minimum Gasteiger partial charge on any atom is -0.460 e. The van der Waals surface area contributed by atoms with Crippen molar-refractivity contribution in [3.05, 3.63) is 161 Å². The maximum Gasteiger partial charge on any atom is 0.135 e. The van der Waals surface area contributed by atoms with E-state index in [1.54, 1.807) is 0 Å². The van der Waals surface area contributed by atoms with Crippen LogP contribution in [-0.2, 0) is 6.42 Å². The highest BCUT2D eigenvalue weighted by atomic mass is 32.1. The molecule has 0 saturated carbocycles. The summed E-state index contributed by atoms with van der Waals surface area (Å²) in [7, 11) is 0. The Morgan fingerprint density at radius 2 is 1.27 bits per heavy atom. The first-order valence-corrected chi connectivity index (χ1v) is 15.8. The lowest BCUT2D eigenvalue weighted by Crippen LogP contribution is -2.22. The maximum atomic E-state index is 6.55. The molecule has 0 bridgehead atoms. The average Bonchev–Trinajstić information content (AvgIpc) is 3.58. The highest BCUT2D eigenvalue weighted by Crippen LogP contribution is 2.48. The summed E-state index contributed by atoms with van der Waals surface area (Å²) in [5, 5.41) is 6.21. The van der Waals surface area contributed by atoms with Gasteiger partial charge in [-0.25, -0.2) is 0 Å². The van der Waals surface area contributed by atoms with E-state index < -0.39 is 0 Å². The van der Waals surface area contributed by atoms with Crippen LogP contribution in [0.3, 0.4) is 0 Å². The maximum absolute atomic E-state index is 6.55. The quantitative estimate of drug-likeness (QED) is 0.206. The second kappa shape index (κ2) is 10.1. The van der Waals surface area contributed by atoms with E-state index in [4.69, 9.17) is 4.42 Å². The summed E-state index contributed by atoms with van der Waals surface area (Å²) < 4.78 is 9.13. The molecule has 44 heavy (non-hydrogen) atoms. The summed E-state index contributed by atoms with van der Waals surface area (Å²) in [5.41, 5.74) is 7.86. The van der Waals surface area contributed by atoms with Crippen molar-refractivity contribution < 1.29 is 4.42 Å². The summed E-state index contributed by atoms with van der Waals surface area (Å²) in [6.07, 6.45) is 5.35. The zero-order valence-electron chi connectivity index (χ0n) is 23.9. The van der Waals surface area contributed by atoms with Crippen molar-refractivity contribution in [2.24, 2.45) is 0 Å². The highest BCUT2D eigenvalue weighted by molar-refractivity contribution is 7.26. The van der Waals surface area contributed by atoms with Gasteiger partial charge in [0.1, 0.15) is 11.3 Å². The number of benzene rings is 6. The molecule has 1 aliphatic carbocycles. The SMILES string of the molecule is C1=c2ccccc2=Cc2c(oc3cccc(-c4ccccc4N(c4ccccc4)c4cccc5c4sc4ccccc45)c23)C1. The van der Waals surface area contributed by atoms with Crippen LogP contribution < -0.4 is 15.3 Å². The van der Waals surface area contributed by atoms with E-state index in [0.717, 1.165) is 34.5 Å². The number of anilines is 3. The van der Waals surface area contributed by atoms with Gasteiger partial charge in [0.05, 0.1) is 16.1 Å². The van der Waals surface area contributed by atoms with Gasteiger partial charge in [0.2, 0.25) is 0 Å². The van der Waals surface area contributed by atoms with Crippen LogP contribution in [0.5, 0.6) is 0 Å². The zero-order valence-corrected chi connectivity index (χ0v) is 24.7. The summed E-state index contributed by atoms with van der Waals surface area (Å²) in [5.74, 6) is 1.01. The van der Waals surface area contributed by atoms with E-state index in [-0.39, 0.29) is 0 Å². The number of hydrogen-bond acceptors (Lipinski definition) is 3. The molecule has 0 unspecified atom stereocenters. The van der Waals surface area contributed by atoms with Gasteiger partial charge in [-0.15, -0.1) is 11.3 Å². The molecule has 2 nitrogen and oxygen atoms in total. The first-order chi connectivity index (χ1) is 21.8. The number of nitrogens with zero attached hydrogens (tertiary/aromatic N) is 1. The molecule has 0 atom stereocenters. The molecule has 0 spiro atoms. The molecule has 0 amide bonds. The van der Waals surface area contributed by atoms with E-state index in [1.165, 1.54) is 53.0 Å². The lowest BCUT2D eigenvalue weighted by Gasteiger charge is -2.28. The molecule has 0 fully saturated rings. The number of furan rings is 1. The fourth-order valence-corrected chi connectivity index (χ4v) is 7.93. The number of thiophene rings is 1. The lowest BCUT2D eigenvalue weighted by atomic mass is 9.95. The zero-order chi connectivity index (χ0) is 29.0. The van der Waals surface area contributed by atoms with Gasteiger partial charge < -0.3 is 9.32 Å². The second-order valence-corrected chi connectivity index (χ2v) is 12.3. The Hall–Kier alpha value is -5.38. The molecular formula is C41H27NOS. The van der Waals surface area contributed by atoms with Crippen LogP contribution in [0, 0.1) is 0 Å². The molecule has 3 heteroatoms. The first kappa shape index (κ1) is 25.1. The van der Waals surface area contributed by atoms with Gasteiger partial charge in [0.15, 0.2) is 0 Å². The van der Waals surface area contributed by atoms with Crippen molar-refractivity contribution in [3.8, 4) is 11.1 Å². The molecule has 0 aliphatic heterocycles. The second-order valence-electron chi connectivity index (χ2n) is 11.2. The molecular weight excluding hydrogens is 555 g/mol. The number of hydrogen-bond donors (Lipinski definition) is 0. The molecule has 2 heterocycles. The van der Waals surface area contributed by atoms with E-state index >= 15 is 0 Å². The first-order valence-electron chi connectivity index (χ1n) is 15.0. The molecule has 9 rings (SSSR count). The monoisotopic (exact) mass is 581 g/mol. The summed E-state index contributed by atoms with van der Waals surface area (Å²) >= 11 is 1.86. The van der Waals surface area contributed by atoms with Crippen LogP contribution >= 0.6 is 11.3 Å². The van der Waals surface area contributed by atoms with Gasteiger partial charge in [0.25, 0.3) is 0 Å². The van der Waals surface area contributed by atoms with Gasteiger partial charge in [-0.2, -0.15) is 0 Å². The predicted octanol–water partition coefficient (Wildman–Crippen LogP) is 10.1. The largest absolute Gasteiger partial charge is 0.460 e. The van der Waals surface area contributed by atoms with Crippen molar-refractivity contribution in [3.63, 3.8) is 0 Å². The van der Waals surface area contributed by atoms with Gasteiger partial charge in [-0.1, -0.05) is 109 Å². The Morgan fingerprint density at radius 3 is 2.20 bits per heavy atom. The molecule has 8 aromatic rings. The third-order valence-electron chi connectivity index (χ3n) is 8.71. The van der Waals surface area contributed by atoms with Crippen LogP contribution in [0.1, 0.15) is 11.3 Å². The predicted molar refractivity (Wildman–Crippen MR) is 187 cm³/mol. The summed E-state index contributed by atoms with van der Waals surface area (Å²) in [6.45, 7) is 0. The van der Waals surface area contributed by atoms with E-state index in [1.807, 2.05) is 11.3 Å². The molecule has 0 N–H and O–H groups in total. The van der Waals surface area contributed by atoms with E-state index in [9.17, 15) is 0 Å². The van der Waals surface area contributed by atoms with E-state index in [2.05, 4.69) is 157 Å². The highest BCUT2D eigenvalue weighted by Gasteiger charge is 2.23. The number of rotatable bonds is 4. The third kappa shape index (κ3) is 3.94. The van der Waals surface area contributed by atoms with Crippen LogP contribution in [0.2, 0.25) is 0 Å².